The third-order valence-corrected chi connectivity index (χ3v) is 3.95. The van der Waals surface area contributed by atoms with Gasteiger partial charge in [-0.15, -0.1) is 0 Å². The Hall–Kier alpha value is -0.0400. The van der Waals surface area contributed by atoms with Crippen LogP contribution in [-0.2, 0) is 0 Å². The third kappa shape index (κ3) is 1.90. The van der Waals surface area contributed by atoms with Gasteiger partial charge in [-0.25, -0.2) is 0 Å². The maximum absolute atomic E-state index is 2.75. The zero-order valence-corrected chi connectivity index (χ0v) is 9.13. The van der Waals surface area contributed by atoms with Crippen LogP contribution in [0.15, 0.2) is 0 Å². The van der Waals surface area contributed by atoms with Crippen LogP contribution < -0.4 is 0 Å². The van der Waals surface area contributed by atoms with Crippen LogP contribution >= 0.6 is 0 Å². The molecule has 0 aromatic carbocycles. The molecular formula is C12H23N. The molecule has 1 saturated carbocycles. The molecule has 1 unspecified atom stereocenters. The highest BCUT2D eigenvalue weighted by atomic mass is 15.2. The predicted octanol–water partition coefficient (Wildman–Crippen LogP) is 3.05. The molecule has 2 rings (SSSR count). The Morgan fingerprint density at radius 1 is 1.00 bits per heavy atom. The standard InChI is InChI=1S/C12H23N/c1-10(2)13-9-5-8-12(13)11-6-3-4-7-11/h10-12H,3-9H2,1-2H3. The van der Waals surface area contributed by atoms with Gasteiger partial charge in [0, 0.05) is 12.1 Å². The van der Waals surface area contributed by atoms with E-state index in [1.54, 1.807) is 0 Å². The fourth-order valence-electron chi connectivity index (χ4n) is 3.30. The summed E-state index contributed by atoms with van der Waals surface area (Å²) in [6, 6.07) is 1.72. The Morgan fingerprint density at radius 2 is 1.69 bits per heavy atom. The van der Waals surface area contributed by atoms with Crippen LogP contribution in [0.1, 0.15) is 52.4 Å². The van der Waals surface area contributed by atoms with Crippen molar-refractivity contribution in [1.29, 1.82) is 0 Å². The SMILES string of the molecule is CC(C)N1CCCC1C1CCCC1. The van der Waals surface area contributed by atoms with E-state index < -0.39 is 0 Å². The van der Waals surface area contributed by atoms with Crippen LogP contribution in [0.4, 0.5) is 0 Å². The minimum Gasteiger partial charge on any atom is -0.298 e. The maximum Gasteiger partial charge on any atom is 0.0127 e. The Labute approximate surface area is 82.5 Å². The first-order valence-electron chi connectivity index (χ1n) is 6.05. The normalized spacial score (nSPS) is 32.1. The molecule has 0 spiro atoms. The molecule has 13 heavy (non-hydrogen) atoms. The molecule has 0 bridgehead atoms. The van der Waals surface area contributed by atoms with E-state index in [-0.39, 0.29) is 0 Å². The van der Waals surface area contributed by atoms with Gasteiger partial charge in [0.2, 0.25) is 0 Å². The Morgan fingerprint density at radius 3 is 2.31 bits per heavy atom. The molecule has 0 aromatic heterocycles. The molecule has 2 aliphatic rings. The zero-order chi connectivity index (χ0) is 9.26. The average Bonchev–Trinajstić information content (AvgIpc) is 2.74. The van der Waals surface area contributed by atoms with E-state index in [4.69, 9.17) is 0 Å². The smallest absolute Gasteiger partial charge is 0.0127 e. The minimum atomic E-state index is 0.771. The number of likely N-dealkylation sites (tertiary alicyclic amines) is 1. The molecule has 1 heteroatoms. The first kappa shape index (κ1) is 9.51. The second kappa shape index (κ2) is 4.00. The van der Waals surface area contributed by atoms with Crippen molar-refractivity contribution >= 4 is 0 Å². The molecule has 1 aliphatic heterocycles. The predicted molar refractivity (Wildman–Crippen MR) is 56.8 cm³/mol. The van der Waals surface area contributed by atoms with E-state index >= 15 is 0 Å². The summed E-state index contributed by atoms with van der Waals surface area (Å²) in [6.07, 6.45) is 8.92. The highest BCUT2D eigenvalue weighted by molar-refractivity contribution is 4.88. The average molecular weight is 181 g/mol. The van der Waals surface area contributed by atoms with Crippen molar-refractivity contribution in [3.05, 3.63) is 0 Å². The molecule has 1 atom stereocenters. The van der Waals surface area contributed by atoms with Crippen molar-refractivity contribution in [2.45, 2.75) is 64.5 Å². The lowest BCUT2D eigenvalue weighted by Gasteiger charge is -2.32. The van der Waals surface area contributed by atoms with Gasteiger partial charge in [0.15, 0.2) is 0 Å². The fourth-order valence-corrected chi connectivity index (χ4v) is 3.30. The van der Waals surface area contributed by atoms with Gasteiger partial charge in [-0.1, -0.05) is 12.8 Å². The molecule has 2 fully saturated rings. The summed E-state index contributed by atoms with van der Waals surface area (Å²) in [7, 11) is 0. The summed E-state index contributed by atoms with van der Waals surface area (Å²) in [5, 5.41) is 0. The van der Waals surface area contributed by atoms with Crippen LogP contribution in [0.25, 0.3) is 0 Å². The third-order valence-electron chi connectivity index (χ3n) is 3.95. The van der Waals surface area contributed by atoms with Crippen LogP contribution in [-0.4, -0.2) is 23.5 Å². The first-order valence-corrected chi connectivity index (χ1v) is 6.05. The largest absolute Gasteiger partial charge is 0.298 e. The van der Waals surface area contributed by atoms with Crippen LogP contribution in [0.3, 0.4) is 0 Å². The summed E-state index contributed by atoms with van der Waals surface area (Å²) in [5.74, 6) is 1.05. The summed E-state index contributed by atoms with van der Waals surface area (Å²) in [4.78, 5) is 2.75. The van der Waals surface area contributed by atoms with Crippen molar-refractivity contribution < 1.29 is 0 Å². The van der Waals surface area contributed by atoms with E-state index in [0.29, 0.717) is 0 Å². The molecule has 0 aromatic rings. The monoisotopic (exact) mass is 181 g/mol. The lowest BCUT2D eigenvalue weighted by atomic mass is 9.95. The van der Waals surface area contributed by atoms with Gasteiger partial charge in [-0.3, -0.25) is 4.90 Å². The summed E-state index contributed by atoms with van der Waals surface area (Å²) < 4.78 is 0. The molecule has 1 aliphatic carbocycles. The highest BCUT2D eigenvalue weighted by Gasteiger charge is 2.33. The van der Waals surface area contributed by atoms with E-state index in [1.165, 1.54) is 45.1 Å². The summed E-state index contributed by atoms with van der Waals surface area (Å²) >= 11 is 0. The number of hydrogen-bond acceptors (Lipinski definition) is 1. The molecule has 76 valence electrons. The van der Waals surface area contributed by atoms with Gasteiger partial charge in [-0.2, -0.15) is 0 Å². The summed E-state index contributed by atoms with van der Waals surface area (Å²) in [6.45, 7) is 6.07. The van der Waals surface area contributed by atoms with E-state index in [9.17, 15) is 0 Å². The fraction of sp³-hybridized carbons (Fsp3) is 1.00. The Balaban J connectivity index is 1.96. The maximum atomic E-state index is 2.75. The van der Waals surface area contributed by atoms with Crippen molar-refractivity contribution in [3.8, 4) is 0 Å². The van der Waals surface area contributed by atoms with Crippen molar-refractivity contribution in [2.75, 3.05) is 6.54 Å². The topological polar surface area (TPSA) is 3.24 Å². The molecule has 0 N–H and O–H groups in total. The molecule has 1 heterocycles. The molecule has 0 amide bonds. The van der Waals surface area contributed by atoms with E-state index in [1.807, 2.05) is 0 Å². The van der Waals surface area contributed by atoms with Gasteiger partial charge in [-0.05, 0) is 52.0 Å². The van der Waals surface area contributed by atoms with Gasteiger partial charge in [0.1, 0.15) is 0 Å². The lowest BCUT2D eigenvalue weighted by Crippen LogP contribution is -2.39. The lowest BCUT2D eigenvalue weighted by molar-refractivity contribution is 0.153. The first-order chi connectivity index (χ1) is 6.29. The van der Waals surface area contributed by atoms with Crippen molar-refractivity contribution in [1.82, 2.24) is 4.90 Å². The second-order valence-corrected chi connectivity index (χ2v) is 5.09. The van der Waals surface area contributed by atoms with E-state index in [0.717, 1.165) is 18.0 Å². The highest BCUT2D eigenvalue weighted by Crippen LogP contribution is 2.36. The van der Waals surface area contributed by atoms with Crippen LogP contribution in [0.5, 0.6) is 0 Å². The Bertz CT molecular complexity index is 159. The number of nitrogens with zero attached hydrogens (tertiary/aromatic N) is 1. The van der Waals surface area contributed by atoms with Gasteiger partial charge >= 0.3 is 0 Å². The van der Waals surface area contributed by atoms with E-state index in [2.05, 4.69) is 18.7 Å². The van der Waals surface area contributed by atoms with Crippen LogP contribution in [0, 0.1) is 5.92 Å². The molecule has 1 nitrogen and oxygen atoms in total. The van der Waals surface area contributed by atoms with Crippen molar-refractivity contribution in [2.24, 2.45) is 5.92 Å². The summed E-state index contributed by atoms with van der Waals surface area (Å²) in [5.41, 5.74) is 0. The van der Waals surface area contributed by atoms with Crippen molar-refractivity contribution in [3.63, 3.8) is 0 Å². The Kier molecular flexibility index (Phi) is 2.92. The van der Waals surface area contributed by atoms with Crippen LogP contribution in [0.2, 0.25) is 0 Å². The minimum absolute atomic E-state index is 0.771. The molecule has 1 saturated heterocycles. The molecule has 0 radical (unpaired) electrons. The molecular weight excluding hydrogens is 158 g/mol. The number of hydrogen-bond donors (Lipinski definition) is 0. The second-order valence-electron chi connectivity index (χ2n) is 5.09. The van der Waals surface area contributed by atoms with Gasteiger partial charge in [0.25, 0.3) is 0 Å². The zero-order valence-electron chi connectivity index (χ0n) is 9.13. The van der Waals surface area contributed by atoms with Gasteiger partial charge < -0.3 is 0 Å². The quantitative estimate of drug-likeness (QED) is 0.633. The van der Waals surface area contributed by atoms with Gasteiger partial charge in [0.05, 0.1) is 0 Å². The number of rotatable bonds is 2.